The van der Waals surface area contributed by atoms with E-state index in [1.807, 2.05) is 51.1 Å². The SMILES string of the molecule is Cc1ccc(C)c(OC(=O)[C@H]2CC(=O)N(c3ccc(C)c(Cl)c3)C2)c1. The Hall–Kier alpha value is -2.33. The maximum absolute atomic E-state index is 12.5. The summed E-state index contributed by atoms with van der Waals surface area (Å²) in [5, 5.41) is 0.603. The van der Waals surface area contributed by atoms with Crippen LogP contribution in [0.15, 0.2) is 36.4 Å². The summed E-state index contributed by atoms with van der Waals surface area (Å²) in [7, 11) is 0. The van der Waals surface area contributed by atoms with Gasteiger partial charge in [0.1, 0.15) is 5.75 Å². The van der Waals surface area contributed by atoms with Crippen LogP contribution in [0.25, 0.3) is 0 Å². The molecule has 2 aromatic rings. The molecule has 0 aliphatic carbocycles. The second-order valence-corrected chi connectivity index (χ2v) is 6.94. The first-order valence-corrected chi connectivity index (χ1v) is 8.58. The Balaban J connectivity index is 1.74. The number of amides is 1. The predicted molar refractivity (Wildman–Crippen MR) is 98.2 cm³/mol. The third kappa shape index (κ3) is 3.69. The fourth-order valence-electron chi connectivity index (χ4n) is 2.87. The Morgan fingerprint density at radius 1 is 1.12 bits per heavy atom. The van der Waals surface area contributed by atoms with Crippen molar-refractivity contribution in [1.29, 1.82) is 0 Å². The van der Waals surface area contributed by atoms with Gasteiger partial charge in [0, 0.05) is 23.7 Å². The molecule has 0 saturated carbocycles. The van der Waals surface area contributed by atoms with Crippen molar-refractivity contribution in [2.45, 2.75) is 27.2 Å². The van der Waals surface area contributed by atoms with Crippen LogP contribution in [0.2, 0.25) is 5.02 Å². The van der Waals surface area contributed by atoms with Gasteiger partial charge in [0.05, 0.1) is 5.92 Å². The number of anilines is 1. The molecule has 0 unspecified atom stereocenters. The zero-order valence-corrected chi connectivity index (χ0v) is 15.3. The van der Waals surface area contributed by atoms with Gasteiger partial charge < -0.3 is 9.64 Å². The van der Waals surface area contributed by atoms with Crippen molar-refractivity contribution in [2.75, 3.05) is 11.4 Å². The first kappa shape index (κ1) is 17.5. The van der Waals surface area contributed by atoms with Gasteiger partial charge in [-0.2, -0.15) is 0 Å². The molecule has 130 valence electrons. The van der Waals surface area contributed by atoms with Gasteiger partial charge in [0.15, 0.2) is 0 Å². The number of halogens is 1. The third-order valence-corrected chi connectivity index (χ3v) is 4.89. The zero-order chi connectivity index (χ0) is 18.1. The lowest BCUT2D eigenvalue weighted by molar-refractivity contribution is -0.139. The number of carbonyl (C=O) groups is 2. The van der Waals surface area contributed by atoms with Crippen molar-refractivity contribution in [3.8, 4) is 5.75 Å². The summed E-state index contributed by atoms with van der Waals surface area (Å²) >= 11 is 6.15. The van der Waals surface area contributed by atoms with Crippen LogP contribution in [-0.2, 0) is 9.59 Å². The molecule has 1 aliphatic heterocycles. The molecule has 4 nitrogen and oxygen atoms in total. The van der Waals surface area contributed by atoms with E-state index in [0.29, 0.717) is 23.0 Å². The van der Waals surface area contributed by atoms with Gasteiger partial charge in [-0.25, -0.2) is 0 Å². The van der Waals surface area contributed by atoms with E-state index in [0.717, 1.165) is 16.7 Å². The van der Waals surface area contributed by atoms with Gasteiger partial charge in [0.25, 0.3) is 0 Å². The van der Waals surface area contributed by atoms with Crippen molar-refractivity contribution < 1.29 is 14.3 Å². The summed E-state index contributed by atoms with van der Waals surface area (Å²) in [5.74, 6) is -0.396. The third-order valence-electron chi connectivity index (χ3n) is 4.48. The molecule has 0 aromatic heterocycles. The van der Waals surface area contributed by atoms with Crippen LogP contribution >= 0.6 is 11.6 Å². The van der Waals surface area contributed by atoms with Crippen LogP contribution in [0.5, 0.6) is 5.75 Å². The minimum atomic E-state index is -0.479. The van der Waals surface area contributed by atoms with Crippen molar-refractivity contribution in [3.05, 3.63) is 58.1 Å². The summed E-state index contributed by atoms with van der Waals surface area (Å²) < 4.78 is 5.54. The number of carbonyl (C=O) groups excluding carboxylic acids is 2. The van der Waals surface area contributed by atoms with Gasteiger partial charge in [0.2, 0.25) is 5.91 Å². The van der Waals surface area contributed by atoms with Gasteiger partial charge in [-0.3, -0.25) is 9.59 Å². The minimum absolute atomic E-state index is 0.0946. The fraction of sp³-hybridized carbons (Fsp3) is 0.300. The van der Waals surface area contributed by atoms with Gasteiger partial charge in [-0.1, -0.05) is 29.8 Å². The zero-order valence-electron chi connectivity index (χ0n) is 14.5. The Labute approximate surface area is 152 Å². The molecule has 3 rings (SSSR count). The van der Waals surface area contributed by atoms with E-state index in [-0.39, 0.29) is 18.3 Å². The molecular formula is C20H20ClNO3. The highest BCUT2D eigenvalue weighted by molar-refractivity contribution is 6.31. The molecule has 0 radical (unpaired) electrons. The van der Waals surface area contributed by atoms with E-state index >= 15 is 0 Å². The molecule has 0 bridgehead atoms. The molecular weight excluding hydrogens is 338 g/mol. The number of aryl methyl sites for hydroxylation is 3. The van der Waals surface area contributed by atoms with E-state index in [4.69, 9.17) is 16.3 Å². The molecule has 0 spiro atoms. The second kappa shape index (κ2) is 6.89. The van der Waals surface area contributed by atoms with Crippen LogP contribution in [-0.4, -0.2) is 18.4 Å². The van der Waals surface area contributed by atoms with E-state index in [9.17, 15) is 9.59 Å². The summed E-state index contributed by atoms with van der Waals surface area (Å²) in [6.45, 7) is 6.05. The average Bonchev–Trinajstić information content (AvgIpc) is 2.95. The molecule has 1 aliphatic rings. The van der Waals surface area contributed by atoms with Gasteiger partial charge in [-0.05, 0) is 55.7 Å². The summed E-state index contributed by atoms with van der Waals surface area (Å²) in [5.41, 5.74) is 3.57. The molecule has 25 heavy (non-hydrogen) atoms. The molecule has 1 heterocycles. The van der Waals surface area contributed by atoms with Crippen molar-refractivity contribution in [3.63, 3.8) is 0 Å². The Morgan fingerprint density at radius 3 is 2.56 bits per heavy atom. The number of hydrogen-bond acceptors (Lipinski definition) is 3. The number of benzene rings is 2. The van der Waals surface area contributed by atoms with Crippen molar-refractivity contribution in [2.24, 2.45) is 5.92 Å². The molecule has 1 fully saturated rings. The van der Waals surface area contributed by atoms with E-state index < -0.39 is 5.92 Å². The lowest BCUT2D eigenvalue weighted by Crippen LogP contribution is -2.27. The molecule has 2 aromatic carbocycles. The van der Waals surface area contributed by atoms with Gasteiger partial charge in [-0.15, -0.1) is 0 Å². The highest BCUT2D eigenvalue weighted by Crippen LogP contribution is 2.30. The van der Waals surface area contributed by atoms with Crippen LogP contribution in [0, 0.1) is 26.7 Å². The quantitative estimate of drug-likeness (QED) is 0.610. The maximum atomic E-state index is 12.5. The smallest absolute Gasteiger partial charge is 0.316 e. The molecule has 5 heteroatoms. The fourth-order valence-corrected chi connectivity index (χ4v) is 3.05. The molecule has 1 amide bonds. The lowest BCUT2D eigenvalue weighted by atomic mass is 10.1. The summed E-state index contributed by atoms with van der Waals surface area (Å²) in [6.07, 6.45) is 0.148. The van der Waals surface area contributed by atoms with Crippen LogP contribution in [0.3, 0.4) is 0 Å². The highest BCUT2D eigenvalue weighted by atomic mass is 35.5. The number of ether oxygens (including phenoxy) is 1. The second-order valence-electron chi connectivity index (χ2n) is 6.53. The maximum Gasteiger partial charge on any atom is 0.316 e. The van der Waals surface area contributed by atoms with E-state index in [2.05, 4.69) is 0 Å². The number of esters is 1. The van der Waals surface area contributed by atoms with Crippen molar-refractivity contribution in [1.82, 2.24) is 0 Å². The largest absolute Gasteiger partial charge is 0.426 e. The first-order chi connectivity index (χ1) is 11.8. The standard InChI is InChI=1S/C20H20ClNO3/c1-12-4-5-14(3)18(8-12)25-20(24)15-9-19(23)22(11-15)16-7-6-13(2)17(21)10-16/h4-8,10,15H,9,11H2,1-3H3/t15-/m0/s1. The van der Waals surface area contributed by atoms with Gasteiger partial charge >= 0.3 is 5.97 Å². The van der Waals surface area contributed by atoms with Crippen LogP contribution < -0.4 is 9.64 Å². The Bertz CT molecular complexity index is 847. The van der Waals surface area contributed by atoms with Crippen LogP contribution in [0.4, 0.5) is 5.69 Å². The van der Waals surface area contributed by atoms with E-state index in [1.54, 1.807) is 11.0 Å². The van der Waals surface area contributed by atoms with Crippen LogP contribution in [0.1, 0.15) is 23.1 Å². The minimum Gasteiger partial charge on any atom is -0.426 e. The van der Waals surface area contributed by atoms with E-state index in [1.165, 1.54) is 0 Å². The average molecular weight is 358 g/mol. The lowest BCUT2D eigenvalue weighted by Gasteiger charge is -2.17. The Kier molecular flexibility index (Phi) is 4.82. The predicted octanol–water partition coefficient (Wildman–Crippen LogP) is 4.22. The molecule has 1 atom stereocenters. The first-order valence-electron chi connectivity index (χ1n) is 8.20. The Morgan fingerprint density at radius 2 is 1.84 bits per heavy atom. The number of nitrogens with zero attached hydrogens (tertiary/aromatic N) is 1. The number of rotatable bonds is 3. The summed E-state index contributed by atoms with van der Waals surface area (Å²) in [6, 6.07) is 11.2. The summed E-state index contributed by atoms with van der Waals surface area (Å²) in [4.78, 5) is 26.4. The molecule has 0 N–H and O–H groups in total. The topological polar surface area (TPSA) is 46.6 Å². The molecule has 1 saturated heterocycles. The van der Waals surface area contributed by atoms with Crippen molar-refractivity contribution >= 4 is 29.2 Å². The monoisotopic (exact) mass is 357 g/mol. The normalized spacial score (nSPS) is 17.0. The highest BCUT2D eigenvalue weighted by Gasteiger charge is 2.36. The number of hydrogen-bond donors (Lipinski definition) is 0.